The molecule has 0 bridgehead atoms. The van der Waals surface area contributed by atoms with Crippen LogP contribution in [0.2, 0.25) is 0 Å². The SMILES string of the molecule is CC(C)=CCCC(C)=CCOC(=O)CI. The van der Waals surface area contributed by atoms with Crippen molar-refractivity contribution in [2.75, 3.05) is 11.0 Å². The molecule has 86 valence electrons. The van der Waals surface area contributed by atoms with Crippen LogP contribution in [0.15, 0.2) is 23.3 Å². The normalized spacial score (nSPS) is 11.1. The van der Waals surface area contributed by atoms with Crippen molar-refractivity contribution in [1.29, 1.82) is 0 Å². The highest BCUT2D eigenvalue weighted by Gasteiger charge is 1.96. The van der Waals surface area contributed by atoms with Crippen molar-refractivity contribution in [3.05, 3.63) is 23.3 Å². The zero-order chi connectivity index (χ0) is 11.7. The van der Waals surface area contributed by atoms with Crippen LogP contribution in [0.4, 0.5) is 0 Å². The Morgan fingerprint density at radius 1 is 1.27 bits per heavy atom. The van der Waals surface area contributed by atoms with Gasteiger partial charge in [-0.25, -0.2) is 0 Å². The summed E-state index contributed by atoms with van der Waals surface area (Å²) < 4.78 is 5.37. The van der Waals surface area contributed by atoms with E-state index in [0.29, 0.717) is 11.0 Å². The Bertz CT molecular complexity index is 250. The van der Waals surface area contributed by atoms with Gasteiger partial charge in [-0.05, 0) is 39.7 Å². The number of allylic oxidation sites excluding steroid dienone is 3. The minimum absolute atomic E-state index is 0.149. The van der Waals surface area contributed by atoms with Gasteiger partial charge in [-0.1, -0.05) is 39.8 Å². The molecule has 3 heteroatoms. The van der Waals surface area contributed by atoms with Crippen LogP contribution in [0.5, 0.6) is 0 Å². The highest BCUT2D eigenvalue weighted by atomic mass is 127. The summed E-state index contributed by atoms with van der Waals surface area (Å²) >= 11 is 2.00. The Balaban J connectivity index is 3.70. The van der Waals surface area contributed by atoms with E-state index < -0.39 is 0 Å². The van der Waals surface area contributed by atoms with E-state index in [1.165, 1.54) is 11.1 Å². The number of carbonyl (C=O) groups is 1. The minimum atomic E-state index is -0.149. The third-order valence-corrected chi connectivity index (χ3v) is 2.50. The second-order valence-corrected chi connectivity index (χ2v) is 4.45. The summed E-state index contributed by atoms with van der Waals surface area (Å²) in [5.41, 5.74) is 2.62. The van der Waals surface area contributed by atoms with Gasteiger partial charge in [0.15, 0.2) is 0 Å². The van der Waals surface area contributed by atoms with Crippen LogP contribution in [0.25, 0.3) is 0 Å². The molecule has 0 aromatic rings. The molecule has 0 heterocycles. The van der Waals surface area contributed by atoms with Crippen molar-refractivity contribution in [2.45, 2.75) is 33.6 Å². The van der Waals surface area contributed by atoms with E-state index in [0.717, 1.165) is 12.8 Å². The van der Waals surface area contributed by atoms with E-state index in [1.54, 1.807) is 0 Å². The van der Waals surface area contributed by atoms with Gasteiger partial charge in [0.05, 0.1) is 4.43 Å². The summed E-state index contributed by atoms with van der Waals surface area (Å²) in [5.74, 6) is -0.149. The van der Waals surface area contributed by atoms with Crippen molar-refractivity contribution in [2.24, 2.45) is 0 Å². The molecule has 0 aromatic heterocycles. The molecular formula is C12H19IO2. The van der Waals surface area contributed by atoms with Crippen LogP contribution >= 0.6 is 22.6 Å². The Kier molecular flexibility index (Phi) is 8.76. The van der Waals surface area contributed by atoms with Crippen LogP contribution in [-0.2, 0) is 9.53 Å². The van der Waals surface area contributed by atoms with Gasteiger partial charge in [-0.2, -0.15) is 0 Å². The van der Waals surface area contributed by atoms with Crippen molar-refractivity contribution in [1.82, 2.24) is 0 Å². The third kappa shape index (κ3) is 9.97. The summed E-state index contributed by atoms with van der Waals surface area (Å²) in [6, 6.07) is 0. The monoisotopic (exact) mass is 322 g/mol. The largest absolute Gasteiger partial charge is 0.461 e. The minimum Gasteiger partial charge on any atom is -0.461 e. The molecule has 0 atom stereocenters. The van der Waals surface area contributed by atoms with Gasteiger partial charge in [0.25, 0.3) is 0 Å². The van der Waals surface area contributed by atoms with Gasteiger partial charge in [-0.15, -0.1) is 0 Å². The predicted octanol–water partition coefficient (Wildman–Crippen LogP) is 3.66. The molecule has 0 radical (unpaired) electrons. The Hall–Kier alpha value is -0.320. The average molecular weight is 322 g/mol. The van der Waals surface area contributed by atoms with Crippen molar-refractivity contribution < 1.29 is 9.53 Å². The van der Waals surface area contributed by atoms with Crippen LogP contribution in [0.3, 0.4) is 0 Å². The first-order chi connectivity index (χ1) is 7.06. The van der Waals surface area contributed by atoms with Gasteiger partial charge >= 0.3 is 5.97 Å². The molecule has 0 amide bonds. The maximum atomic E-state index is 10.8. The van der Waals surface area contributed by atoms with Gasteiger partial charge in [-0.3, -0.25) is 4.79 Å². The lowest BCUT2D eigenvalue weighted by atomic mass is 10.1. The lowest BCUT2D eigenvalue weighted by Crippen LogP contribution is -2.05. The van der Waals surface area contributed by atoms with Crippen LogP contribution in [-0.4, -0.2) is 17.0 Å². The average Bonchev–Trinajstić information content (AvgIpc) is 2.17. The first-order valence-corrected chi connectivity index (χ1v) is 6.59. The maximum absolute atomic E-state index is 10.8. The molecule has 0 aliphatic heterocycles. The van der Waals surface area contributed by atoms with Crippen molar-refractivity contribution >= 4 is 28.6 Å². The fourth-order valence-electron chi connectivity index (χ4n) is 1.01. The van der Waals surface area contributed by atoms with Crippen LogP contribution in [0.1, 0.15) is 33.6 Å². The molecule has 0 saturated heterocycles. The zero-order valence-electron chi connectivity index (χ0n) is 9.68. The van der Waals surface area contributed by atoms with Gasteiger partial charge in [0.2, 0.25) is 0 Å². The lowest BCUT2D eigenvalue weighted by molar-refractivity contribution is -0.138. The fourth-order valence-corrected chi connectivity index (χ4v) is 1.23. The summed E-state index contributed by atoms with van der Waals surface area (Å²) in [5, 5.41) is 0. The number of rotatable bonds is 6. The van der Waals surface area contributed by atoms with Gasteiger partial charge in [0.1, 0.15) is 6.61 Å². The molecule has 0 aliphatic rings. The number of esters is 1. The second kappa shape index (κ2) is 8.95. The quantitative estimate of drug-likeness (QED) is 0.323. The van der Waals surface area contributed by atoms with Crippen LogP contribution < -0.4 is 0 Å². The zero-order valence-corrected chi connectivity index (χ0v) is 11.8. The van der Waals surface area contributed by atoms with E-state index in [-0.39, 0.29) is 5.97 Å². The lowest BCUT2D eigenvalue weighted by Gasteiger charge is -2.01. The Morgan fingerprint density at radius 2 is 1.93 bits per heavy atom. The summed E-state index contributed by atoms with van der Waals surface area (Å²) in [4.78, 5) is 10.8. The molecule has 0 saturated carbocycles. The van der Waals surface area contributed by atoms with Crippen molar-refractivity contribution in [3.63, 3.8) is 0 Å². The summed E-state index contributed by atoms with van der Waals surface area (Å²) in [6.45, 7) is 6.67. The molecule has 0 spiro atoms. The van der Waals surface area contributed by atoms with E-state index >= 15 is 0 Å². The summed E-state index contributed by atoms with van der Waals surface area (Å²) in [6.07, 6.45) is 6.29. The highest BCUT2D eigenvalue weighted by Crippen LogP contribution is 2.06. The standard InChI is InChI=1S/C12H19IO2/c1-10(2)5-4-6-11(3)7-8-15-12(14)9-13/h5,7H,4,6,8-9H2,1-3H3. The molecule has 0 fully saturated rings. The number of ether oxygens (including phenoxy) is 1. The van der Waals surface area contributed by atoms with E-state index in [2.05, 4.69) is 26.8 Å². The van der Waals surface area contributed by atoms with Crippen molar-refractivity contribution in [3.8, 4) is 0 Å². The number of hydrogen-bond acceptors (Lipinski definition) is 2. The predicted molar refractivity (Wildman–Crippen MR) is 72.3 cm³/mol. The smallest absolute Gasteiger partial charge is 0.316 e. The number of hydrogen-bond donors (Lipinski definition) is 0. The Morgan fingerprint density at radius 3 is 2.47 bits per heavy atom. The number of alkyl halides is 1. The van der Waals surface area contributed by atoms with Gasteiger partial charge in [0, 0.05) is 0 Å². The number of halogens is 1. The molecule has 0 unspecified atom stereocenters. The second-order valence-electron chi connectivity index (χ2n) is 3.69. The maximum Gasteiger partial charge on any atom is 0.316 e. The fraction of sp³-hybridized carbons (Fsp3) is 0.583. The molecule has 0 aliphatic carbocycles. The third-order valence-electron chi connectivity index (χ3n) is 1.88. The van der Waals surface area contributed by atoms with Crippen LogP contribution in [0, 0.1) is 0 Å². The molecule has 2 nitrogen and oxygen atoms in total. The van der Waals surface area contributed by atoms with E-state index in [9.17, 15) is 4.79 Å². The number of carbonyl (C=O) groups excluding carboxylic acids is 1. The highest BCUT2D eigenvalue weighted by molar-refractivity contribution is 14.1. The Labute approximate surface area is 106 Å². The van der Waals surface area contributed by atoms with Gasteiger partial charge < -0.3 is 4.74 Å². The first kappa shape index (κ1) is 14.7. The molecular weight excluding hydrogens is 303 g/mol. The topological polar surface area (TPSA) is 26.3 Å². The molecule has 15 heavy (non-hydrogen) atoms. The molecule has 0 rings (SSSR count). The molecule has 0 aromatic carbocycles. The summed E-state index contributed by atoms with van der Waals surface area (Å²) in [7, 11) is 0. The van der Waals surface area contributed by atoms with E-state index in [4.69, 9.17) is 4.74 Å². The first-order valence-electron chi connectivity index (χ1n) is 5.07. The molecule has 0 N–H and O–H groups in total. The van der Waals surface area contributed by atoms with E-state index in [1.807, 2.05) is 28.7 Å².